The minimum atomic E-state index is -0.0653. The third-order valence-electron chi connectivity index (χ3n) is 2.89. The molecule has 0 aliphatic carbocycles. The Hall–Kier alpha value is -1.69. The first-order valence-electron chi connectivity index (χ1n) is 5.96. The molecule has 5 nitrogen and oxygen atoms in total. The molecule has 0 atom stereocenters. The molecule has 100 valence electrons. The van der Waals surface area contributed by atoms with Gasteiger partial charge in [-0.25, -0.2) is 0 Å². The highest BCUT2D eigenvalue weighted by Gasteiger charge is 2.09. The number of carbonyl (C=O) groups excluding carboxylic acids is 1. The molecule has 0 unspecified atom stereocenters. The highest BCUT2D eigenvalue weighted by Crippen LogP contribution is 2.15. The van der Waals surface area contributed by atoms with E-state index in [0.717, 1.165) is 15.9 Å². The minimum absolute atomic E-state index is 0.0653. The van der Waals surface area contributed by atoms with E-state index >= 15 is 0 Å². The summed E-state index contributed by atoms with van der Waals surface area (Å²) in [6.45, 7) is 5.01. The first kappa shape index (κ1) is 13.7. The summed E-state index contributed by atoms with van der Waals surface area (Å²) in [4.78, 5) is 12.1. The lowest BCUT2D eigenvalue weighted by atomic mass is 10.1. The fourth-order valence-electron chi connectivity index (χ4n) is 1.76. The fourth-order valence-corrected chi connectivity index (χ4v) is 2.12. The molecule has 0 saturated heterocycles. The summed E-state index contributed by atoms with van der Waals surface area (Å²) < 4.78 is 2.80. The van der Waals surface area contributed by atoms with Gasteiger partial charge >= 0.3 is 0 Å². The number of nitrogens with zero attached hydrogens (tertiary/aromatic N) is 3. The zero-order valence-electron chi connectivity index (χ0n) is 10.9. The van der Waals surface area contributed by atoms with E-state index in [2.05, 4.69) is 31.4 Å². The van der Waals surface area contributed by atoms with Crippen LogP contribution in [0, 0.1) is 13.8 Å². The number of halogens is 1. The molecule has 2 rings (SSSR count). The van der Waals surface area contributed by atoms with Gasteiger partial charge in [-0.2, -0.15) is 0 Å². The first-order valence-corrected chi connectivity index (χ1v) is 6.76. The van der Waals surface area contributed by atoms with E-state index in [9.17, 15) is 4.79 Å². The van der Waals surface area contributed by atoms with Gasteiger partial charge in [0, 0.05) is 23.1 Å². The molecule has 1 heterocycles. The van der Waals surface area contributed by atoms with Gasteiger partial charge in [0.25, 0.3) is 5.91 Å². The van der Waals surface area contributed by atoms with Gasteiger partial charge in [0.05, 0.1) is 0 Å². The fraction of sp³-hybridized carbons (Fsp3) is 0.308. The molecule has 1 N–H and O–H groups in total. The molecule has 6 heteroatoms. The third kappa shape index (κ3) is 3.41. The Morgan fingerprint density at radius 1 is 1.42 bits per heavy atom. The number of nitrogens with one attached hydrogen (secondary N) is 1. The monoisotopic (exact) mass is 322 g/mol. The second-order valence-corrected chi connectivity index (χ2v) is 5.20. The molecule has 0 aliphatic heterocycles. The van der Waals surface area contributed by atoms with Gasteiger partial charge in [-0.3, -0.25) is 4.79 Å². The predicted octanol–water partition coefficient (Wildman–Crippen LogP) is 2.09. The summed E-state index contributed by atoms with van der Waals surface area (Å²) in [6, 6.07) is 5.67. The molecule has 0 saturated carbocycles. The maximum Gasteiger partial charge on any atom is 0.251 e. The largest absolute Gasteiger partial charge is 0.350 e. The molecule has 0 fully saturated rings. The summed E-state index contributed by atoms with van der Waals surface area (Å²) in [5.74, 6) is 0.775. The Morgan fingerprint density at radius 2 is 2.21 bits per heavy atom. The molecule has 1 aromatic heterocycles. The van der Waals surface area contributed by atoms with Crippen LogP contribution < -0.4 is 5.32 Å². The maximum absolute atomic E-state index is 12.1. The van der Waals surface area contributed by atoms with Crippen LogP contribution in [0.3, 0.4) is 0 Å². The molecule has 0 radical (unpaired) electrons. The summed E-state index contributed by atoms with van der Waals surface area (Å²) >= 11 is 3.37. The van der Waals surface area contributed by atoms with E-state index in [1.807, 2.05) is 36.6 Å². The first-order chi connectivity index (χ1) is 9.08. The molecule has 1 amide bonds. The number of aryl methyl sites for hydroxylation is 2. The summed E-state index contributed by atoms with van der Waals surface area (Å²) in [5.41, 5.74) is 1.65. The van der Waals surface area contributed by atoms with Gasteiger partial charge in [-0.05, 0) is 31.5 Å². The van der Waals surface area contributed by atoms with Crippen molar-refractivity contribution in [2.75, 3.05) is 6.54 Å². The number of rotatable bonds is 4. The lowest BCUT2D eigenvalue weighted by Crippen LogP contribution is -2.28. The third-order valence-corrected chi connectivity index (χ3v) is 3.38. The van der Waals surface area contributed by atoms with Crippen molar-refractivity contribution in [1.82, 2.24) is 20.1 Å². The van der Waals surface area contributed by atoms with E-state index in [-0.39, 0.29) is 5.91 Å². The zero-order chi connectivity index (χ0) is 13.8. The van der Waals surface area contributed by atoms with Gasteiger partial charge < -0.3 is 9.88 Å². The smallest absolute Gasteiger partial charge is 0.251 e. The zero-order valence-corrected chi connectivity index (χ0v) is 12.4. The second kappa shape index (κ2) is 5.97. The van der Waals surface area contributed by atoms with E-state index in [4.69, 9.17) is 0 Å². The quantitative estimate of drug-likeness (QED) is 0.937. The van der Waals surface area contributed by atoms with Crippen LogP contribution in [0.15, 0.2) is 29.0 Å². The Bertz CT molecular complexity index is 594. The van der Waals surface area contributed by atoms with Crippen molar-refractivity contribution >= 4 is 21.8 Å². The van der Waals surface area contributed by atoms with Crippen molar-refractivity contribution in [2.45, 2.75) is 20.4 Å². The maximum atomic E-state index is 12.1. The van der Waals surface area contributed by atoms with Crippen molar-refractivity contribution < 1.29 is 4.79 Å². The highest BCUT2D eigenvalue weighted by molar-refractivity contribution is 9.10. The van der Waals surface area contributed by atoms with Gasteiger partial charge in [0.15, 0.2) is 0 Å². The lowest BCUT2D eigenvalue weighted by Gasteiger charge is -2.09. The number of benzene rings is 1. The summed E-state index contributed by atoms with van der Waals surface area (Å²) in [6.07, 6.45) is 1.66. The second-order valence-electron chi connectivity index (χ2n) is 4.29. The molecular formula is C13H15BrN4O. The van der Waals surface area contributed by atoms with Crippen LogP contribution in [0.5, 0.6) is 0 Å². The molecule has 19 heavy (non-hydrogen) atoms. The SMILES string of the molecule is Cc1ccc(Br)cc1C(=O)NCCn1cnnc1C. The number of carbonyl (C=O) groups is 1. The summed E-state index contributed by atoms with van der Waals surface area (Å²) in [5, 5.41) is 10.6. The average molecular weight is 323 g/mol. The van der Waals surface area contributed by atoms with Crippen LogP contribution in [0.2, 0.25) is 0 Å². The van der Waals surface area contributed by atoms with Gasteiger partial charge in [0.1, 0.15) is 12.2 Å². The van der Waals surface area contributed by atoms with Crippen molar-refractivity contribution in [3.63, 3.8) is 0 Å². The standard InChI is InChI=1S/C13H15BrN4O/c1-9-3-4-11(14)7-12(9)13(19)15-5-6-18-8-16-17-10(18)2/h3-4,7-8H,5-6H2,1-2H3,(H,15,19). The van der Waals surface area contributed by atoms with Gasteiger partial charge in [-0.15, -0.1) is 10.2 Å². The van der Waals surface area contributed by atoms with Crippen LogP contribution in [0.4, 0.5) is 0 Å². The molecule has 0 spiro atoms. The number of hydrogen-bond acceptors (Lipinski definition) is 3. The normalized spacial score (nSPS) is 10.5. The topological polar surface area (TPSA) is 59.8 Å². The van der Waals surface area contributed by atoms with E-state index in [1.165, 1.54) is 0 Å². The Kier molecular flexibility index (Phi) is 4.31. The number of amides is 1. The van der Waals surface area contributed by atoms with Crippen molar-refractivity contribution in [3.8, 4) is 0 Å². The average Bonchev–Trinajstić information content (AvgIpc) is 2.78. The Labute approximate surface area is 120 Å². The van der Waals surface area contributed by atoms with E-state index in [0.29, 0.717) is 18.7 Å². The molecule has 2 aromatic rings. The minimum Gasteiger partial charge on any atom is -0.350 e. The van der Waals surface area contributed by atoms with Crippen LogP contribution in [-0.2, 0) is 6.54 Å². The Morgan fingerprint density at radius 3 is 2.89 bits per heavy atom. The number of aromatic nitrogens is 3. The summed E-state index contributed by atoms with van der Waals surface area (Å²) in [7, 11) is 0. The molecule has 0 bridgehead atoms. The predicted molar refractivity (Wildman–Crippen MR) is 76.0 cm³/mol. The number of hydrogen-bond donors (Lipinski definition) is 1. The van der Waals surface area contributed by atoms with Gasteiger partial charge in [0.2, 0.25) is 0 Å². The van der Waals surface area contributed by atoms with Crippen molar-refractivity contribution in [2.24, 2.45) is 0 Å². The van der Waals surface area contributed by atoms with Gasteiger partial charge in [-0.1, -0.05) is 22.0 Å². The van der Waals surface area contributed by atoms with E-state index < -0.39 is 0 Å². The van der Waals surface area contributed by atoms with Crippen molar-refractivity contribution in [3.05, 3.63) is 46.0 Å². The molecule has 0 aliphatic rings. The highest BCUT2D eigenvalue weighted by atomic mass is 79.9. The van der Waals surface area contributed by atoms with Crippen LogP contribution in [-0.4, -0.2) is 27.2 Å². The Balaban J connectivity index is 1.94. The van der Waals surface area contributed by atoms with Crippen LogP contribution >= 0.6 is 15.9 Å². The molecule has 1 aromatic carbocycles. The van der Waals surface area contributed by atoms with Crippen molar-refractivity contribution in [1.29, 1.82) is 0 Å². The van der Waals surface area contributed by atoms with Crippen LogP contribution in [0.1, 0.15) is 21.7 Å². The molecular weight excluding hydrogens is 308 g/mol. The van der Waals surface area contributed by atoms with Crippen LogP contribution in [0.25, 0.3) is 0 Å². The van der Waals surface area contributed by atoms with E-state index in [1.54, 1.807) is 6.33 Å². The lowest BCUT2D eigenvalue weighted by molar-refractivity contribution is 0.0951.